The lowest BCUT2D eigenvalue weighted by molar-refractivity contribution is -0.134. The van der Waals surface area contributed by atoms with Crippen LogP contribution in [-0.2, 0) is 11.2 Å². The van der Waals surface area contributed by atoms with E-state index < -0.39 is 0 Å². The summed E-state index contributed by atoms with van der Waals surface area (Å²) in [6.07, 6.45) is 2.67. The highest BCUT2D eigenvalue weighted by atomic mass is 32.1. The van der Waals surface area contributed by atoms with Gasteiger partial charge in [0.15, 0.2) is 0 Å². The van der Waals surface area contributed by atoms with Gasteiger partial charge in [-0.1, -0.05) is 18.2 Å². The molecule has 2 aromatic rings. The number of hydrogen-bond donors (Lipinski definition) is 1. The molecule has 1 N–H and O–H groups in total. The van der Waals surface area contributed by atoms with E-state index in [9.17, 15) is 9.90 Å². The van der Waals surface area contributed by atoms with Gasteiger partial charge >= 0.3 is 0 Å². The van der Waals surface area contributed by atoms with Gasteiger partial charge in [0.05, 0.1) is 13.0 Å². The van der Waals surface area contributed by atoms with Gasteiger partial charge in [0.1, 0.15) is 5.75 Å². The predicted molar refractivity (Wildman–Crippen MR) is 100 cm³/mol. The van der Waals surface area contributed by atoms with Crippen molar-refractivity contribution in [2.24, 2.45) is 5.92 Å². The fourth-order valence-electron chi connectivity index (χ4n) is 3.45. The van der Waals surface area contributed by atoms with Crippen LogP contribution in [0, 0.1) is 5.92 Å². The summed E-state index contributed by atoms with van der Waals surface area (Å²) in [6.45, 7) is 1.60. The van der Waals surface area contributed by atoms with Crippen molar-refractivity contribution in [2.75, 3.05) is 26.8 Å². The molecule has 0 bridgehead atoms. The Morgan fingerprint density at radius 2 is 2.16 bits per heavy atom. The Balaban J connectivity index is 1.82. The molecule has 5 heteroatoms. The van der Waals surface area contributed by atoms with Crippen LogP contribution >= 0.6 is 11.3 Å². The number of carbonyl (C=O) groups is 1. The largest absolute Gasteiger partial charge is 0.497 e. The molecule has 1 aromatic heterocycles. The lowest BCUT2D eigenvalue weighted by Gasteiger charge is -2.34. The molecule has 1 saturated heterocycles. The quantitative estimate of drug-likeness (QED) is 0.861. The van der Waals surface area contributed by atoms with Crippen molar-refractivity contribution < 1.29 is 14.6 Å². The third-order valence-electron chi connectivity index (χ3n) is 4.89. The van der Waals surface area contributed by atoms with Crippen LogP contribution in [0.2, 0.25) is 0 Å². The summed E-state index contributed by atoms with van der Waals surface area (Å²) in [4.78, 5) is 16.4. The van der Waals surface area contributed by atoms with Crippen LogP contribution in [0.15, 0.2) is 41.8 Å². The highest BCUT2D eigenvalue weighted by molar-refractivity contribution is 7.09. The van der Waals surface area contributed by atoms with E-state index in [2.05, 4.69) is 6.07 Å². The zero-order valence-corrected chi connectivity index (χ0v) is 15.4. The number of aliphatic hydroxyl groups is 1. The normalized spacial score (nSPS) is 18.8. The van der Waals surface area contributed by atoms with Crippen molar-refractivity contribution in [1.82, 2.24) is 4.90 Å². The summed E-state index contributed by atoms with van der Waals surface area (Å²) in [5.74, 6) is 0.971. The Hall–Kier alpha value is -1.85. The van der Waals surface area contributed by atoms with E-state index in [0.717, 1.165) is 30.7 Å². The van der Waals surface area contributed by atoms with Gasteiger partial charge in [-0.05, 0) is 54.3 Å². The summed E-state index contributed by atoms with van der Waals surface area (Å²) < 4.78 is 5.24. The Morgan fingerprint density at radius 1 is 1.36 bits per heavy atom. The zero-order valence-electron chi connectivity index (χ0n) is 14.6. The first kappa shape index (κ1) is 18.0. The summed E-state index contributed by atoms with van der Waals surface area (Å²) in [5.41, 5.74) is 1.02. The maximum absolute atomic E-state index is 13.3. The second kappa shape index (κ2) is 8.50. The molecule has 0 radical (unpaired) electrons. The van der Waals surface area contributed by atoms with Crippen LogP contribution in [0.4, 0.5) is 0 Å². The molecule has 134 valence electrons. The average Bonchev–Trinajstić information content (AvgIpc) is 3.19. The minimum Gasteiger partial charge on any atom is -0.497 e. The van der Waals surface area contributed by atoms with E-state index in [1.807, 2.05) is 40.6 Å². The molecular weight excluding hydrogens is 334 g/mol. The van der Waals surface area contributed by atoms with E-state index in [0.29, 0.717) is 13.0 Å². The van der Waals surface area contributed by atoms with E-state index in [1.54, 1.807) is 18.4 Å². The molecular formula is C20H25NO3S. The number of amides is 1. The number of piperidine rings is 1. The third kappa shape index (κ3) is 4.41. The molecule has 2 unspecified atom stereocenters. The summed E-state index contributed by atoms with van der Waals surface area (Å²) >= 11 is 1.69. The Kier molecular flexibility index (Phi) is 6.10. The first-order chi connectivity index (χ1) is 12.2. The van der Waals surface area contributed by atoms with E-state index >= 15 is 0 Å². The molecule has 1 fully saturated rings. The van der Waals surface area contributed by atoms with Crippen molar-refractivity contribution in [2.45, 2.75) is 25.2 Å². The molecule has 1 aliphatic heterocycles. The predicted octanol–water partition coefficient (Wildman–Crippen LogP) is 3.31. The number of ether oxygens (including phenoxy) is 1. The molecule has 25 heavy (non-hydrogen) atoms. The van der Waals surface area contributed by atoms with Crippen molar-refractivity contribution in [3.05, 3.63) is 52.2 Å². The maximum Gasteiger partial charge on any atom is 0.230 e. The van der Waals surface area contributed by atoms with Crippen molar-refractivity contribution in [3.63, 3.8) is 0 Å². The van der Waals surface area contributed by atoms with Gasteiger partial charge in [-0.15, -0.1) is 11.3 Å². The Labute approximate surface area is 153 Å². The number of aliphatic hydroxyl groups excluding tert-OH is 1. The zero-order chi connectivity index (χ0) is 17.6. The van der Waals surface area contributed by atoms with Gasteiger partial charge in [-0.2, -0.15) is 0 Å². The van der Waals surface area contributed by atoms with E-state index in [-0.39, 0.29) is 24.3 Å². The summed E-state index contributed by atoms with van der Waals surface area (Å²) in [5, 5.41) is 11.5. The smallest absolute Gasteiger partial charge is 0.230 e. The monoisotopic (exact) mass is 359 g/mol. The number of carbonyl (C=O) groups excluding carboxylic acids is 1. The highest BCUT2D eigenvalue weighted by Gasteiger charge is 2.30. The number of rotatable bonds is 6. The van der Waals surface area contributed by atoms with Crippen molar-refractivity contribution >= 4 is 17.2 Å². The number of benzene rings is 1. The number of hydrogen-bond acceptors (Lipinski definition) is 4. The molecule has 3 rings (SSSR count). The molecule has 1 amide bonds. The van der Waals surface area contributed by atoms with Crippen LogP contribution in [0.25, 0.3) is 0 Å². The summed E-state index contributed by atoms with van der Waals surface area (Å²) in [7, 11) is 1.64. The highest BCUT2D eigenvalue weighted by Crippen LogP contribution is 2.29. The lowest BCUT2D eigenvalue weighted by atomic mass is 9.91. The SMILES string of the molecule is COc1ccc(C(Cc2cccs2)C(=O)N2CCCC(CO)C2)cc1. The Morgan fingerprint density at radius 3 is 2.80 bits per heavy atom. The molecule has 0 aliphatic carbocycles. The number of nitrogens with zero attached hydrogens (tertiary/aromatic N) is 1. The lowest BCUT2D eigenvalue weighted by Crippen LogP contribution is -2.43. The Bertz CT molecular complexity index is 669. The van der Waals surface area contributed by atoms with Crippen LogP contribution in [-0.4, -0.2) is 42.7 Å². The molecule has 2 atom stereocenters. The first-order valence-corrected chi connectivity index (χ1v) is 9.65. The molecule has 4 nitrogen and oxygen atoms in total. The standard InChI is InChI=1S/C20H25NO3S/c1-24-17-8-6-16(7-9-17)19(12-18-5-3-11-25-18)20(23)21-10-2-4-15(13-21)14-22/h3,5-9,11,15,19,22H,2,4,10,12-14H2,1H3. The van der Waals surface area contributed by atoms with E-state index in [1.165, 1.54) is 4.88 Å². The van der Waals surface area contributed by atoms with Gasteiger partial charge in [-0.3, -0.25) is 4.79 Å². The van der Waals surface area contributed by atoms with Gasteiger partial charge in [-0.25, -0.2) is 0 Å². The van der Waals surface area contributed by atoms with Crippen LogP contribution < -0.4 is 4.74 Å². The maximum atomic E-state index is 13.3. The van der Waals surface area contributed by atoms with Gasteiger partial charge in [0.25, 0.3) is 0 Å². The number of methoxy groups -OCH3 is 1. The van der Waals surface area contributed by atoms with Crippen molar-refractivity contribution in [1.29, 1.82) is 0 Å². The number of thiophene rings is 1. The first-order valence-electron chi connectivity index (χ1n) is 8.77. The van der Waals surface area contributed by atoms with Crippen LogP contribution in [0.5, 0.6) is 5.75 Å². The van der Waals surface area contributed by atoms with Gasteiger partial charge < -0.3 is 14.7 Å². The molecule has 0 saturated carbocycles. The summed E-state index contributed by atoms with van der Waals surface area (Å²) in [6, 6.07) is 11.9. The molecule has 1 aliphatic rings. The number of likely N-dealkylation sites (tertiary alicyclic amines) is 1. The fraction of sp³-hybridized carbons (Fsp3) is 0.450. The van der Waals surface area contributed by atoms with Crippen LogP contribution in [0.3, 0.4) is 0 Å². The molecule has 2 heterocycles. The van der Waals surface area contributed by atoms with E-state index in [4.69, 9.17) is 4.74 Å². The third-order valence-corrected chi connectivity index (χ3v) is 5.79. The second-order valence-electron chi connectivity index (χ2n) is 6.58. The average molecular weight is 359 g/mol. The van der Waals surface area contributed by atoms with Crippen molar-refractivity contribution in [3.8, 4) is 5.75 Å². The second-order valence-corrected chi connectivity index (χ2v) is 7.62. The minimum atomic E-state index is -0.193. The van der Waals surface area contributed by atoms with Crippen LogP contribution in [0.1, 0.15) is 29.2 Å². The fourth-order valence-corrected chi connectivity index (χ4v) is 4.20. The topological polar surface area (TPSA) is 49.8 Å². The van der Waals surface area contributed by atoms with Gasteiger partial charge in [0, 0.05) is 24.6 Å². The van der Waals surface area contributed by atoms with Gasteiger partial charge in [0.2, 0.25) is 5.91 Å². The molecule has 0 spiro atoms. The minimum absolute atomic E-state index is 0.155. The molecule has 1 aromatic carbocycles.